The highest BCUT2D eigenvalue weighted by atomic mass is 16.2. The maximum Gasteiger partial charge on any atom is 0.226 e. The number of amides is 1. The van der Waals surface area contributed by atoms with Crippen LogP contribution in [0.5, 0.6) is 0 Å². The van der Waals surface area contributed by atoms with E-state index in [1.165, 1.54) is 30.5 Å². The molecule has 0 radical (unpaired) electrons. The molecule has 3 aromatic rings. The first-order valence-electron chi connectivity index (χ1n) is 15.1. The third-order valence-corrected chi connectivity index (χ3v) is 6.03. The van der Waals surface area contributed by atoms with Crippen LogP contribution in [0.3, 0.4) is 0 Å². The highest BCUT2D eigenvalue weighted by Crippen LogP contribution is 2.17. The van der Waals surface area contributed by atoms with Crippen molar-refractivity contribution in [1.82, 2.24) is 29.2 Å². The minimum absolute atomic E-state index is 0.208. The van der Waals surface area contributed by atoms with E-state index in [0.717, 1.165) is 31.5 Å². The molecule has 0 bridgehead atoms. The SMILES string of the molecule is C=CN1CCCC1=O.C=CN1CCCCCC1=C.C=Cc1ccccc1.C=Cc1ccncc1.C=Cn1ccnc1.CN(C)C. The van der Waals surface area contributed by atoms with E-state index in [-0.39, 0.29) is 5.91 Å². The van der Waals surface area contributed by atoms with E-state index in [9.17, 15) is 4.79 Å². The first-order valence-corrected chi connectivity index (χ1v) is 15.1. The number of benzene rings is 1. The molecule has 1 amide bonds. The minimum Gasteiger partial charge on any atom is -0.353 e. The van der Waals surface area contributed by atoms with Crippen molar-refractivity contribution in [2.75, 3.05) is 34.2 Å². The summed E-state index contributed by atoms with van der Waals surface area (Å²) in [6.45, 7) is 24.0. The maximum absolute atomic E-state index is 10.7. The first-order chi connectivity index (χ1) is 21.7. The molecule has 1 aromatic carbocycles. The molecule has 0 N–H and O–H groups in total. The normalized spacial score (nSPS) is 13.2. The number of carbonyl (C=O) groups excluding carboxylic acids is 1. The molecule has 5 rings (SSSR count). The Hall–Kier alpha value is -4.75. The van der Waals surface area contributed by atoms with Gasteiger partial charge in [0, 0.05) is 56.2 Å². The van der Waals surface area contributed by atoms with Gasteiger partial charge >= 0.3 is 0 Å². The minimum atomic E-state index is 0.208. The molecule has 7 nitrogen and oxygen atoms in total. The van der Waals surface area contributed by atoms with Crippen LogP contribution in [0, 0.1) is 0 Å². The van der Waals surface area contributed by atoms with E-state index >= 15 is 0 Å². The predicted molar refractivity (Wildman–Crippen MR) is 195 cm³/mol. The molecule has 4 heterocycles. The fourth-order valence-corrected chi connectivity index (χ4v) is 3.64. The van der Waals surface area contributed by atoms with E-state index < -0.39 is 0 Å². The van der Waals surface area contributed by atoms with Crippen LogP contribution in [0.15, 0.2) is 131 Å². The van der Waals surface area contributed by atoms with Gasteiger partial charge in [0.1, 0.15) is 0 Å². The summed E-state index contributed by atoms with van der Waals surface area (Å²) in [4.78, 5) is 24.1. The lowest BCUT2D eigenvalue weighted by molar-refractivity contribution is -0.125. The van der Waals surface area contributed by atoms with Crippen LogP contribution in [0.25, 0.3) is 18.4 Å². The van der Waals surface area contributed by atoms with Gasteiger partial charge in [-0.2, -0.15) is 0 Å². The lowest BCUT2D eigenvalue weighted by atomic mass is 10.2. The molecular weight excluding hydrogens is 556 g/mol. The third-order valence-electron chi connectivity index (χ3n) is 6.03. The number of aromatic nitrogens is 3. The summed E-state index contributed by atoms with van der Waals surface area (Å²) in [7, 11) is 6.00. The number of pyridine rings is 1. The lowest BCUT2D eigenvalue weighted by Gasteiger charge is -2.18. The molecule has 2 aliphatic heterocycles. The zero-order valence-corrected chi connectivity index (χ0v) is 27.8. The fourth-order valence-electron chi connectivity index (χ4n) is 3.64. The Morgan fingerprint density at radius 3 is 1.64 bits per heavy atom. The number of allylic oxidation sites excluding steroid dienone is 1. The average molecular weight is 611 g/mol. The van der Waals surface area contributed by atoms with Gasteiger partial charge in [-0.25, -0.2) is 4.98 Å². The van der Waals surface area contributed by atoms with Crippen molar-refractivity contribution >= 4 is 24.3 Å². The monoisotopic (exact) mass is 610 g/mol. The van der Waals surface area contributed by atoms with Crippen LogP contribution in [-0.4, -0.2) is 69.4 Å². The molecule has 45 heavy (non-hydrogen) atoms. The standard InChI is InChI=1S/C9H15N.C8H8.C7H7N.C6H9NO.C5H6N2.C3H9N/c1-3-10-8-6-4-5-7-9(10)2;1-2-8-6-4-3-5-7-8;1-2-7-3-5-8-6-4-7;1-2-7-5-3-4-6(7)8;1-2-7-4-3-6-5-7;1-4(2)3/h3H,1-2,4-8H2;2-7H,1H2;2-6H,1H2;2H,1,3-5H2;2-5H,1H2;1-3H3. The quantitative estimate of drug-likeness (QED) is 0.290. The van der Waals surface area contributed by atoms with Crippen molar-refractivity contribution in [2.24, 2.45) is 0 Å². The van der Waals surface area contributed by atoms with Gasteiger partial charge < -0.3 is 19.3 Å². The van der Waals surface area contributed by atoms with Crippen molar-refractivity contribution in [3.63, 3.8) is 0 Å². The topological polar surface area (TPSA) is 57.5 Å². The summed E-state index contributed by atoms with van der Waals surface area (Å²) in [5.74, 6) is 0.208. The van der Waals surface area contributed by atoms with Gasteiger partial charge in [-0.1, -0.05) is 88.4 Å². The van der Waals surface area contributed by atoms with Crippen LogP contribution in [0.4, 0.5) is 0 Å². The molecular formula is C38H54N6O. The Balaban J connectivity index is 0.000000524. The molecule has 2 fully saturated rings. The Bertz CT molecular complexity index is 1170. The van der Waals surface area contributed by atoms with Crippen molar-refractivity contribution in [1.29, 1.82) is 0 Å². The Morgan fingerprint density at radius 1 is 0.689 bits per heavy atom. The van der Waals surface area contributed by atoms with Gasteiger partial charge in [0.05, 0.1) is 6.33 Å². The zero-order chi connectivity index (χ0) is 33.7. The molecule has 0 unspecified atom stereocenters. The van der Waals surface area contributed by atoms with Gasteiger partial charge in [-0.3, -0.25) is 9.78 Å². The first kappa shape index (κ1) is 40.2. The molecule has 2 aliphatic rings. The third kappa shape index (κ3) is 21.6. The Morgan fingerprint density at radius 2 is 1.27 bits per heavy atom. The summed E-state index contributed by atoms with van der Waals surface area (Å²) in [6, 6.07) is 13.8. The summed E-state index contributed by atoms with van der Waals surface area (Å²) < 4.78 is 1.78. The van der Waals surface area contributed by atoms with Crippen molar-refractivity contribution in [3.05, 3.63) is 142 Å². The number of likely N-dealkylation sites (tertiary alicyclic amines) is 2. The van der Waals surface area contributed by atoms with Crippen molar-refractivity contribution in [2.45, 2.75) is 38.5 Å². The highest BCUT2D eigenvalue weighted by molar-refractivity contribution is 5.78. The van der Waals surface area contributed by atoms with Crippen LogP contribution < -0.4 is 0 Å². The number of carbonyl (C=O) groups is 1. The number of hydrogen-bond acceptors (Lipinski definition) is 5. The smallest absolute Gasteiger partial charge is 0.226 e. The Kier molecular flexibility index (Phi) is 24.0. The van der Waals surface area contributed by atoms with E-state index in [4.69, 9.17) is 0 Å². The molecule has 0 aliphatic carbocycles. The average Bonchev–Trinajstić information content (AvgIpc) is 3.71. The van der Waals surface area contributed by atoms with Crippen LogP contribution in [0.1, 0.15) is 49.7 Å². The predicted octanol–water partition coefficient (Wildman–Crippen LogP) is 8.49. The second-order valence-electron chi connectivity index (χ2n) is 10.3. The zero-order valence-electron chi connectivity index (χ0n) is 27.8. The Labute approximate surface area is 272 Å². The van der Waals surface area contributed by atoms with E-state index in [1.54, 1.807) is 52.9 Å². The lowest BCUT2D eigenvalue weighted by Crippen LogP contribution is -2.16. The van der Waals surface area contributed by atoms with Crippen LogP contribution in [-0.2, 0) is 4.79 Å². The van der Waals surface area contributed by atoms with Crippen molar-refractivity contribution in [3.8, 4) is 0 Å². The summed E-state index contributed by atoms with van der Waals surface area (Å²) in [5, 5.41) is 0. The maximum atomic E-state index is 10.7. The van der Waals surface area contributed by atoms with Gasteiger partial charge in [-0.05, 0) is 82.5 Å². The van der Waals surface area contributed by atoms with Gasteiger partial charge in [0.25, 0.3) is 0 Å². The summed E-state index contributed by atoms with van der Waals surface area (Å²) in [5.41, 5.74) is 3.51. The number of rotatable bonds is 5. The molecule has 2 saturated heterocycles. The second kappa shape index (κ2) is 26.8. The molecule has 7 heteroatoms. The van der Waals surface area contributed by atoms with Crippen LogP contribution in [0.2, 0.25) is 0 Å². The van der Waals surface area contributed by atoms with Gasteiger partial charge in [0.15, 0.2) is 0 Å². The molecule has 0 spiro atoms. The number of imidazole rings is 1. The molecule has 0 saturated carbocycles. The van der Waals surface area contributed by atoms with Crippen LogP contribution >= 0.6 is 0 Å². The van der Waals surface area contributed by atoms with E-state index in [2.05, 4.69) is 54.3 Å². The molecule has 2 aromatic heterocycles. The van der Waals surface area contributed by atoms with E-state index in [0.29, 0.717) is 6.42 Å². The van der Waals surface area contributed by atoms with Gasteiger partial charge in [0.2, 0.25) is 5.91 Å². The second-order valence-corrected chi connectivity index (χ2v) is 10.3. The summed E-state index contributed by atoms with van der Waals surface area (Å²) >= 11 is 0. The molecule has 242 valence electrons. The fraction of sp³-hybridized carbons (Fsp3) is 0.289. The molecule has 0 atom stereocenters. The van der Waals surface area contributed by atoms with E-state index in [1.807, 2.05) is 87.0 Å². The van der Waals surface area contributed by atoms with Crippen molar-refractivity contribution < 1.29 is 4.79 Å². The highest BCUT2D eigenvalue weighted by Gasteiger charge is 2.16. The largest absolute Gasteiger partial charge is 0.353 e. The van der Waals surface area contributed by atoms with Gasteiger partial charge in [-0.15, -0.1) is 0 Å². The number of hydrogen-bond donors (Lipinski definition) is 0. The summed E-state index contributed by atoms with van der Waals surface area (Å²) in [6.07, 6.45) is 24.3. The number of nitrogens with zero attached hydrogens (tertiary/aromatic N) is 6.